The lowest BCUT2D eigenvalue weighted by atomic mass is 9.93. The van der Waals surface area contributed by atoms with Crippen LogP contribution in [-0.2, 0) is 4.79 Å². The number of amides is 3. The van der Waals surface area contributed by atoms with E-state index in [9.17, 15) is 9.59 Å². The molecule has 0 spiro atoms. The first-order valence-electron chi connectivity index (χ1n) is 9.18. The highest BCUT2D eigenvalue weighted by Crippen LogP contribution is 2.23. The molecule has 0 heterocycles. The summed E-state index contributed by atoms with van der Waals surface area (Å²) in [6.45, 7) is 12.5. The summed E-state index contributed by atoms with van der Waals surface area (Å²) in [5.74, 6) is 0.492. The van der Waals surface area contributed by atoms with Crippen LogP contribution in [0.25, 0.3) is 0 Å². The number of urea groups is 1. The lowest BCUT2D eigenvalue weighted by molar-refractivity contribution is -0.119. The number of rotatable bonds is 8. The van der Waals surface area contributed by atoms with Gasteiger partial charge in [-0.1, -0.05) is 58.9 Å². The quantitative estimate of drug-likeness (QED) is 0.671. The second-order valence-corrected chi connectivity index (χ2v) is 7.25. The number of carbonyl (C=O) groups is 2. The van der Waals surface area contributed by atoms with Gasteiger partial charge in [0, 0.05) is 12.1 Å². The van der Waals surface area contributed by atoms with E-state index in [1.165, 1.54) is 5.56 Å². The molecule has 25 heavy (non-hydrogen) atoms. The van der Waals surface area contributed by atoms with Gasteiger partial charge in [0.15, 0.2) is 0 Å². The summed E-state index contributed by atoms with van der Waals surface area (Å²) in [4.78, 5) is 23.7. The van der Waals surface area contributed by atoms with E-state index in [1.807, 2.05) is 13.8 Å². The van der Waals surface area contributed by atoms with Gasteiger partial charge in [0.2, 0.25) is 5.91 Å². The van der Waals surface area contributed by atoms with Crippen LogP contribution in [0.15, 0.2) is 24.3 Å². The molecular weight excluding hydrogens is 314 g/mol. The van der Waals surface area contributed by atoms with E-state index in [2.05, 4.69) is 67.9 Å². The summed E-state index contributed by atoms with van der Waals surface area (Å²) in [5, 5.41) is 8.35. The third-order valence-electron chi connectivity index (χ3n) is 4.35. The third-order valence-corrected chi connectivity index (χ3v) is 4.35. The number of nitrogens with one attached hydrogen (secondary N) is 3. The molecule has 5 nitrogen and oxygen atoms in total. The molecule has 0 aromatic heterocycles. The topological polar surface area (TPSA) is 70.2 Å². The Labute approximate surface area is 152 Å². The molecule has 0 unspecified atom stereocenters. The molecule has 0 bridgehead atoms. The Morgan fingerprint density at radius 3 is 2.00 bits per heavy atom. The van der Waals surface area contributed by atoms with Gasteiger partial charge >= 0.3 is 6.03 Å². The van der Waals surface area contributed by atoms with Crippen LogP contribution < -0.4 is 16.0 Å². The Hall–Kier alpha value is -1.88. The third kappa shape index (κ3) is 7.26. The molecule has 3 amide bonds. The highest BCUT2D eigenvalue weighted by molar-refractivity contribution is 5.95. The zero-order valence-corrected chi connectivity index (χ0v) is 16.3. The fraction of sp³-hybridized carbons (Fsp3) is 0.600. The van der Waals surface area contributed by atoms with Crippen molar-refractivity contribution in [3.05, 3.63) is 35.4 Å². The minimum Gasteiger partial charge on any atom is -0.335 e. The monoisotopic (exact) mass is 347 g/mol. The van der Waals surface area contributed by atoms with E-state index in [0.29, 0.717) is 11.8 Å². The van der Waals surface area contributed by atoms with Gasteiger partial charge in [-0.2, -0.15) is 0 Å². The molecule has 0 saturated heterocycles. The van der Waals surface area contributed by atoms with Crippen molar-refractivity contribution < 1.29 is 9.59 Å². The standard InChI is InChI=1S/C20H33N3O2/c1-7-15(6)22-20(25)23-18(24)12-21-19(14(4)5)17-10-8-16(9-11-17)13(2)3/h8-11,13-15,19,21H,7,12H2,1-6H3,(H2,22,23,24,25)/t15-,19+/m0/s1. The van der Waals surface area contributed by atoms with Gasteiger partial charge in [0.25, 0.3) is 0 Å². The summed E-state index contributed by atoms with van der Waals surface area (Å²) < 4.78 is 0. The Morgan fingerprint density at radius 2 is 1.52 bits per heavy atom. The van der Waals surface area contributed by atoms with Crippen LogP contribution in [-0.4, -0.2) is 24.5 Å². The molecule has 0 fully saturated rings. The Morgan fingerprint density at radius 1 is 0.960 bits per heavy atom. The van der Waals surface area contributed by atoms with Gasteiger partial charge in [-0.05, 0) is 36.3 Å². The van der Waals surface area contributed by atoms with Crippen LogP contribution in [0, 0.1) is 5.92 Å². The molecular formula is C20H33N3O2. The number of imide groups is 1. The van der Waals surface area contributed by atoms with E-state index >= 15 is 0 Å². The lowest BCUT2D eigenvalue weighted by Crippen LogP contribution is -2.46. The van der Waals surface area contributed by atoms with Crippen molar-refractivity contribution in [2.45, 2.75) is 66.0 Å². The smallest absolute Gasteiger partial charge is 0.321 e. The maximum Gasteiger partial charge on any atom is 0.321 e. The zero-order valence-electron chi connectivity index (χ0n) is 16.3. The van der Waals surface area contributed by atoms with Crippen LogP contribution in [0.2, 0.25) is 0 Å². The van der Waals surface area contributed by atoms with Crippen molar-refractivity contribution in [2.24, 2.45) is 5.92 Å². The Bertz CT molecular complexity index is 553. The molecule has 140 valence electrons. The van der Waals surface area contributed by atoms with Crippen LogP contribution in [0.5, 0.6) is 0 Å². The number of hydrogen-bond acceptors (Lipinski definition) is 3. The van der Waals surface area contributed by atoms with Gasteiger partial charge in [-0.15, -0.1) is 0 Å². The average molecular weight is 348 g/mol. The van der Waals surface area contributed by atoms with Crippen LogP contribution in [0.3, 0.4) is 0 Å². The van der Waals surface area contributed by atoms with Crippen molar-refractivity contribution in [3.8, 4) is 0 Å². The van der Waals surface area contributed by atoms with E-state index < -0.39 is 6.03 Å². The van der Waals surface area contributed by atoms with Gasteiger partial charge in [-0.3, -0.25) is 10.1 Å². The molecule has 1 aromatic carbocycles. The van der Waals surface area contributed by atoms with Gasteiger partial charge < -0.3 is 10.6 Å². The van der Waals surface area contributed by atoms with E-state index in [1.54, 1.807) is 0 Å². The fourth-order valence-corrected chi connectivity index (χ4v) is 2.56. The first-order chi connectivity index (χ1) is 11.7. The van der Waals surface area contributed by atoms with Gasteiger partial charge in [0.1, 0.15) is 0 Å². The first-order valence-corrected chi connectivity index (χ1v) is 9.18. The van der Waals surface area contributed by atoms with E-state index in [-0.39, 0.29) is 24.5 Å². The minimum absolute atomic E-state index is 0.0450. The predicted octanol–water partition coefficient (Wildman–Crippen LogP) is 3.72. The van der Waals surface area contributed by atoms with Crippen molar-refractivity contribution in [3.63, 3.8) is 0 Å². The second kappa shape index (κ2) is 10.2. The Balaban J connectivity index is 2.61. The lowest BCUT2D eigenvalue weighted by Gasteiger charge is -2.23. The predicted molar refractivity (Wildman–Crippen MR) is 103 cm³/mol. The SMILES string of the molecule is CC[C@H](C)NC(=O)NC(=O)CN[C@@H](c1ccc(C(C)C)cc1)C(C)C. The number of benzene rings is 1. The van der Waals surface area contributed by atoms with Gasteiger partial charge in [0.05, 0.1) is 6.54 Å². The maximum absolute atomic E-state index is 12.0. The summed E-state index contributed by atoms with van der Waals surface area (Å²) in [6, 6.07) is 8.16. The maximum atomic E-state index is 12.0. The van der Waals surface area contributed by atoms with Crippen LogP contribution in [0.1, 0.15) is 71.0 Å². The molecule has 3 N–H and O–H groups in total. The molecule has 0 aliphatic rings. The van der Waals surface area contributed by atoms with Crippen molar-refractivity contribution in [1.82, 2.24) is 16.0 Å². The second-order valence-electron chi connectivity index (χ2n) is 7.25. The van der Waals surface area contributed by atoms with Crippen molar-refractivity contribution in [2.75, 3.05) is 6.54 Å². The van der Waals surface area contributed by atoms with Crippen LogP contribution in [0.4, 0.5) is 4.79 Å². The fourth-order valence-electron chi connectivity index (χ4n) is 2.56. The highest BCUT2D eigenvalue weighted by atomic mass is 16.2. The molecule has 0 aliphatic heterocycles. The van der Waals surface area contributed by atoms with Crippen LogP contribution >= 0.6 is 0 Å². The van der Waals surface area contributed by atoms with E-state index in [4.69, 9.17) is 0 Å². The molecule has 2 atom stereocenters. The summed E-state index contributed by atoms with van der Waals surface area (Å²) >= 11 is 0. The molecule has 0 saturated carbocycles. The molecule has 0 radical (unpaired) electrons. The molecule has 5 heteroatoms. The number of carbonyl (C=O) groups excluding carboxylic acids is 2. The number of hydrogen-bond donors (Lipinski definition) is 3. The summed E-state index contributed by atoms with van der Waals surface area (Å²) in [5.41, 5.74) is 2.45. The molecule has 1 aromatic rings. The van der Waals surface area contributed by atoms with Crippen molar-refractivity contribution in [1.29, 1.82) is 0 Å². The van der Waals surface area contributed by atoms with Crippen molar-refractivity contribution >= 4 is 11.9 Å². The summed E-state index contributed by atoms with van der Waals surface area (Å²) in [7, 11) is 0. The minimum atomic E-state index is -0.441. The molecule has 0 aliphatic carbocycles. The normalized spacial score (nSPS) is 13.6. The summed E-state index contributed by atoms with van der Waals surface area (Å²) in [6.07, 6.45) is 0.821. The highest BCUT2D eigenvalue weighted by Gasteiger charge is 2.18. The van der Waals surface area contributed by atoms with Gasteiger partial charge in [-0.25, -0.2) is 4.79 Å². The first kappa shape index (κ1) is 21.2. The van der Waals surface area contributed by atoms with E-state index in [0.717, 1.165) is 12.0 Å². The zero-order chi connectivity index (χ0) is 19.0. The molecule has 1 rings (SSSR count). The largest absolute Gasteiger partial charge is 0.335 e. The average Bonchev–Trinajstić information content (AvgIpc) is 2.54. The Kier molecular flexibility index (Phi) is 8.62.